The van der Waals surface area contributed by atoms with E-state index in [0.717, 1.165) is 22.6 Å². The molecule has 1 atom stereocenters. The van der Waals surface area contributed by atoms with Crippen molar-refractivity contribution in [3.63, 3.8) is 0 Å². The molecule has 0 spiro atoms. The summed E-state index contributed by atoms with van der Waals surface area (Å²) in [4.78, 5) is 32.0. The molecule has 1 fully saturated rings. The Labute approximate surface area is 209 Å². The molecule has 1 N–H and O–H groups in total. The van der Waals surface area contributed by atoms with E-state index in [2.05, 4.69) is 10.3 Å². The highest BCUT2D eigenvalue weighted by atomic mass is 19.1. The summed E-state index contributed by atoms with van der Waals surface area (Å²) < 4.78 is 26.3. The van der Waals surface area contributed by atoms with Gasteiger partial charge in [0.15, 0.2) is 5.69 Å². The van der Waals surface area contributed by atoms with E-state index in [0.29, 0.717) is 51.3 Å². The molecule has 0 saturated carbocycles. The lowest BCUT2D eigenvalue weighted by molar-refractivity contribution is -0.126. The molecule has 36 heavy (non-hydrogen) atoms. The van der Waals surface area contributed by atoms with E-state index in [1.54, 1.807) is 30.5 Å². The van der Waals surface area contributed by atoms with Crippen LogP contribution < -0.4 is 10.1 Å². The fraction of sp³-hybridized carbons (Fsp3) is 0.370. The number of methoxy groups -OCH3 is 1. The van der Waals surface area contributed by atoms with Gasteiger partial charge in [-0.1, -0.05) is 24.3 Å². The molecule has 5 rings (SSSR count). The van der Waals surface area contributed by atoms with Crippen molar-refractivity contribution >= 4 is 11.8 Å². The van der Waals surface area contributed by atoms with Gasteiger partial charge in [0.2, 0.25) is 5.91 Å². The van der Waals surface area contributed by atoms with Crippen LogP contribution in [-0.2, 0) is 29.2 Å². The lowest BCUT2D eigenvalue weighted by atomic mass is 9.95. The summed E-state index contributed by atoms with van der Waals surface area (Å²) in [7, 11) is 1.63. The van der Waals surface area contributed by atoms with Gasteiger partial charge in [-0.15, -0.1) is 0 Å². The number of carbonyl (C=O) groups excluding carboxylic acids is 2. The van der Waals surface area contributed by atoms with Crippen LogP contribution in [0.4, 0.5) is 4.39 Å². The number of piperidine rings is 1. The molecule has 0 radical (unpaired) electrons. The molecule has 3 heterocycles. The van der Waals surface area contributed by atoms with Crippen molar-refractivity contribution in [2.45, 2.75) is 38.6 Å². The summed E-state index contributed by atoms with van der Waals surface area (Å²) in [5.41, 5.74) is 3.09. The van der Waals surface area contributed by atoms with E-state index in [1.165, 1.54) is 12.1 Å². The smallest absolute Gasteiger partial charge is 0.274 e. The molecule has 2 aromatic carbocycles. The van der Waals surface area contributed by atoms with Crippen molar-refractivity contribution < 1.29 is 23.5 Å². The maximum atomic E-state index is 13.2. The third-order valence-corrected chi connectivity index (χ3v) is 6.95. The van der Waals surface area contributed by atoms with Gasteiger partial charge >= 0.3 is 0 Å². The number of nitrogens with zero attached hydrogens (tertiary/aromatic N) is 3. The van der Waals surface area contributed by atoms with E-state index in [9.17, 15) is 14.0 Å². The molecule has 0 aliphatic carbocycles. The number of imidazole rings is 1. The number of benzene rings is 2. The van der Waals surface area contributed by atoms with E-state index in [-0.39, 0.29) is 29.7 Å². The molecule has 1 unspecified atom stereocenters. The van der Waals surface area contributed by atoms with Gasteiger partial charge in [-0.25, -0.2) is 9.37 Å². The van der Waals surface area contributed by atoms with E-state index in [4.69, 9.17) is 9.47 Å². The topological polar surface area (TPSA) is 85.7 Å². The van der Waals surface area contributed by atoms with Crippen molar-refractivity contribution in [1.29, 1.82) is 0 Å². The van der Waals surface area contributed by atoms with Gasteiger partial charge in [0.1, 0.15) is 17.7 Å². The fourth-order valence-corrected chi connectivity index (χ4v) is 4.76. The van der Waals surface area contributed by atoms with Crippen LogP contribution >= 0.6 is 0 Å². The first-order valence-electron chi connectivity index (χ1n) is 12.1. The maximum absolute atomic E-state index is 13.2. The SMILES string of the molecule is COc1ccc(C2Cn3cnc(C(=O)N4CCC(C(=O)NCc5ccc(F)cc5)CC4)c3CO2)cc1. The van der Waals surface area contributed by atoms with E-state index >= 15 is 0 Å². The second-order valence-electron chi connectivity index (χ2n) is 9.18. The minimum absolute atomic E-state index is 0.0382. The summed E-state index contributed by atoms with van der Waals surface area (Å²) in [6.45, 7) is 2.24. The lowest BCUT2D eigenvalue weighted by Gasteiger charge is -2.31. The molecular formula is C27H29FN4O4. The van der Waals surface area contributed by atoms with Crippen LogP contribution in [-0.4, -0.2) is 46.5 Å². The first-order valence-corrected chi connectivity index (χ1v) is 12.1. The second-order valence-corrected chi connectivity index (χ2v) is 9.18. The average molecular weight is 493 g/mol. The normalized spacial score (nSPS) is 17.9. The van der Waals surface area contributed by atoms with Crippen LogP contribution in [0.15, 0.2) is 54.9 Å². The number of fused-ring (bicyclic) bond motifs is 1. The Morgan fingerprint density at radius 2 is 1.83 bits per heavy atom. The molecule has 2 amide bonds. The van der Waals surface area contributed by atoms with Crippen LogP contribution in [0.3, 0.4) is 0 Å². The Bertz CT molecular complexity index is 1220. The second kappa shape index (κ2) is 10.5. The summed E-state index contributed by atoms with van der Waals surface area (Å²) in [5.74, 6) is 0.174. The number of amides is 2. The van der Waals surface area contributed by atoms with Gasteiger partial charge < -0.3 is 24.3 Å². The highest BCUT2D eigenvalue weighted by Gasteiger charge is 2.32. The standard InChI is InChI=1S/C27H29FN4O4/c1-35-22-8-4-19(5-9-22)24-15-32-17-30-25(23(32)16-36-24)27(34)31-12-10-20(11-13-31)26(33)29-14-18-2-6-21(28)7-3-18/h2-9,17,20,24H,10-16H2,1H3,(H,29,33). The number of hydrogen-bond donors (Lipinski definition) is 1. The largest absolute Gasteiger partial charge is 0.497 e. The fourth-order valence-electron chi connectivity index (χ4n) is 4.76. The van der Waals surface area contributed by atoms with Crippen LogP contribution in [0.25, 0.3) is 0 Å². The predicted octanol–water partition coefficient (Wildman–Crippen LogP) is 3.47. The zero-order chi connectivity index (χ0) is 25.1. The molecule has 8 nitrogen and oxygen atoms in total. The molecular weight excluding hydrogens is 463 g/mol. The van der Waals surface area contributed by atoms with Crippen LogP contribution in [0.1, 0.15) is 46.3 Å². The van der Waals surface area contributed by atoms with Crippen LogP contribution in [0.2, 0.25) is 0 Å². The first-order chi connectivity index (χ1) is 17.5. The summed E-state index contributed by atoms with van der Waals surface area (Å²) >= 11 is 0. The monoisotopic (exact) mass is 492 g/mol. The van der Waals surface area contributed by atoms with Crippen LogP contribution in [0.5, 0.6) is 5.75 Å². The minimum Gasteiger partial charge on any atom is -0.497 e. The third kappa shape index (κ3) is 5.11. The number of hydrogen-bond acceptors (Lipinski definition) is 5. The summed E-state index contributed by atoms with van der Waals surface area (Å²) in [5, 5.41) is 2.92. The van der Waals surface area contributed by atoms with Crippen molar-refractivity contribution in [1.82, 2.24) is 19.8 Å². The molecule has 2 aliphatic heterocycles. The number of likely N-dealkylation sites (tertiary alicyclic amines) is 1. The zero-order valence-corrected chi connectivity index (χ0v) is 20.2. The Kier molecular flexibility index (Phi) is 6.99. The Hall–Kier alpha value is -3.72. The first kappa shape index (κ1) is 24.0. The number of nitrogens with one attached hydrogen (secondary N) is 1. The average Bonchev–Trinajstić information content (AvgIpc) is 3.35. The highest BCUT2D eigenvalue weighted by Crippen LogP contribution is 2.30. The van der Waals surface area contributed by atoms with Gasteiger partial charge in [-0.3, -0.25) is 9.59 Å². The van der Waals surface area contributed by atoms with Crippen molar-refractivity contribution in [2.75, 3.05) is 20.2 Å². The molecule has 1 aromatic heterocycles. The van der Waals surface area contributed by atoms with Gasteiger partial charge in [0.05, 0.1) is 32.3 Å². The lowest BCUT2D eigenvalue weighted by Crippen LogP contribution is -2.43. The van der Waals surface area contributed by atoms with E-state index < -0.39 is 0 Å². The van der Waals surface area contributed by atoms with Crippen LogP contribution in [0, 0.1) is 11.7 Å². The Balaban J connectivity index is 1.15. The predicted molar refractivity (Wildman–Crippen MR) is 130 cm³/mol. The number of aromatic nitrogens is 2. The number of halogens is 1. The number of rotatable bonds is 6. The van der Waals surface area contributed by atoms with E-state index in [1.807, 2.05) is 28.8 Å². The van der Waals surface area contributed by atoms with Crippen molar-refractivity contribution in [3.05, 3.63) is 83.2 Å². The quantitative estimate of drug-likeness (QED) is 0.570. The summed E-state index contributed by atoms with van der Waals surface area (Å²) in [6.07, 6.45) is 2.77. The zero-order valence-electron chi connectivity index (χ0n) is 20.2. The van der Waals surface area contributed by atoms with Gasteiger partial charge in [0, 0.05) is 25.6 Å². The molecule has 1 saturated heterocycles. The van der Waals surface area contributed by atoms with Crippen molar-refractivity contribution in [2.24, 2.45) is 5.92 Å². The van der Waals surface area contributed by atoms with Gasteiger partial charge in [-0.05, 0) is 48.2 Å². The van der Waals surface area contributed by atoms with Gasteiger partial charge in [-0.2, -0.15) is 0 Å². The third-order valence-electron chi connectivity index (χ3n) is 6.95. The number of carbonyl (C=O) groups is 2. The van der Waals surface area contributed by atoms with Gasteiger partial charge in [0.25, 0.3) is 5.91 Å². The Morgan fingerprint density at radius 1 is 1.11 bits per heavy atom. The minimum atomic E-state index is -0.301. The molecule has 9 heteroatoms. The number of ether oxygens (including phenoxy) is 2. The molecule has 188 valence electrons. The summed E-state index contributed by atoms with van der Waals surface area (Å²) in [6, 6.07) is 13.9. The molecule has 3 aromatic rings. The molecule has 2 aliphatic rings. The van der Waals surface area contributed by atoms with Crippen molar-refractivity contribution in [3.8, 4) is 5.75 Å². The maximum Gasteiger partial charge on any atom is 0.274 e. The highest BCUT2D eigenvalue weighted by molar-refractivity contribution is 5.93. The molecule has 0 bridgehead atoms. The Morgan fingerprint density at radius 3 is 2.53 bits per heavy atom.